The first kappa shape index (κ1) is 18.4. The summed E-state index contributed by atoms with van der Waals surface area (Å²) in [7, 11) is -3.80. The molecule has 0 spiro atoms. The van der Waals surface area contributed by atoms with Crippen LogP contribution < -0.4 is 4.72 Å². The molecule has 6 nitrogen and oxygen atoms in total. The number of halogens is 1. The van der Waals surface area contributed by atoms with Gasteiger partial charge >= 0.3 is 0 Å². The zero-order valence-corrected chi connectivity index (χ0v) is 14.1. The van der Waals surface area contributed by atoms with Gasteiger partial charge in [0.15, 0.2) is 0 Å². The van der Waals surface area contributed by atoms with E-state index in [1.54, 1.807) is 11.0 Å². The molecule has 0 unspecified atom stereocenters. The van der Waals surface area contributed by atoms with Crippen molar-refractivity contribution in [1.29, 1.82) is 5.26 Å². The molecule has 8 heteroatoms. The molecule has 0 saturated carbocycles. The van der Waals surface area contributed by atoms with Crippen LogP contribution in [0, 0.1) is 17.1 Å². The normalized spacial score (nSPS) is 15.8. The van der Waals surface area contributed by atoms with Crippen molar-refractivity contribution in [2.24, 2.45) is 0 Å². The summed E-state index contributed by atoms with van der Waals surface area (Å²) in [6.45, 7) is 1.40. The third kappa shape index (κ3) is 4.76. The van der Waals surface area contributed by atoms with Gasteiger partial charge in [-0.15, -0.1) is 0 Å². The molecule has 0 aromatic heterocycles. The Morgan fingerprint density at radius 1 is 1.29 bits per heavy atom. The van der Waals surface area contributed by atoms with E-state index in [-0.39, 0.29) is 22.9 Å². The van der Waals surface area contributed by atoms with Crippen molar-refractivity contribution >= 4 is 15.9 Å². The van der Waals surface area contributed by atoms with Gasteiger partial charge in [0.2, 0.25) is 15.9 Å². The maximum Gasteiger partial charge on any atom is 0.240 e. The highest BCUT2D eigenvalue weighted by Gasteiger charge is 2.18. The summed E-state index contributed by atoms with van der Waals surface area (Å²) in [6.07, 6.45) is 3.98. The molecular formula is C16H20FN3O3S. The summed E-state index contributed by atoms with van der Waals surface area (Å²) in [5.74, 6) is -0.635. The largest absolute Gasteiger partial charge is 0.343 e. The third-order valence-electron chi connectivity index (χ3n) is 3.94. The molecule has 1 aliphatic rings. The summed E-state index contributed by atoms with van der Waals surface area (Å²) >= 11 is 0. The highest BCUT2D eigenvalue weighted by atomic mass is 32.2. The number of carbonyl (C=O) groups excluding carboxylic acids is 1. The third-order valence-corrected chi connectivity index (χ3v) is 5.40. The molecule has 1 aromatic carbocycles. The molecule has 0 radical (unpaired) electrons. The summed E-state index contributed by atoms with van der Waals surface area (Å²) in [4.78, 5) is 13.5. The lowest BCUT2D eigenvalue weighted by molar-refractivity contribution is -0.130. The van der Waals surface area contributed by atoms with E-state index in [0.717, 1.165) is 44.0 Å². The Morgan fingerprint density at radius 2 is 2.08 bits per heavy atom. The fraction of sp³-hybridized carbons (Fsp3) is 0.500. The number of hydrogen-bond acceptors (Lipinski definition) is 4. The zero-order valence-electron chi connectivity index (χ0n) is 13.3. The molecule has 0 atom stereocenters. The lowest BCUT2D eigenvalue weighted by atomic mass is 10.2. The van der Waals surface area contributed by atoms with Crippen LogP contribution in [0.4, 0.5) is 4.39 Å². The number of nitriles is 1. The summed E-state index contributed by atoms with van der Waals surface area (Å²) in [5, 5.41) is 8.77. The number of sulfonamides is 1. The maximum atomic E-state index is 13.3. The predicted octanol–water partition coefficient (Wildman–Crippen LogP) is 1.77. The molecular weight excluding hydrogens is 333 g/mol. The standard InChI is InChI=1S/C16H20FN3O3S/c17-15-7-6-14(11-13(15)12-18)24(22,23)19-8-4-10-20-9-3-1-2-5-16(20)21/h6-7,11,19H,1-5,8-10H2. The Hall–Kier alpha value is -1.98. The average Bonchev–Trinajstić information content (AvgIpc) is 2.76. The quantitative estimate of drug-likeness (QED) is 0.789. The van der Waals surface area contributed by atoms with Gasteiger partial charge in [-0.25, -0.2) is 17.5 Å². The van der Waals surface area contributed by atoms with Crippen molar-refractivity contribution in [1.82, 2.24) is 9.62 Å². The van der Waals surface area contributed by atoms with Crippen LogP contribution in [0.5, 0.6) is 0 Å². The Kier molecular flexibility index (Phi) is 6.29. The van der Waals surface area contributed by atoms with Crippen LogP contribution >= 0.6 is 0 Å². The Balaban J connectivity index is 1.89. The van der Waals surface area contributed by atoms with Gasteiger partial charge < -0.3 is 4.90 Å². The van der Waals surface area contributed by atoms with Crippen molar-refractivity contribution in [3.63, 3.8) is 0 Å². The van der Waals surface area contributed by atoms with Crippen molar-refractivity contribution in [2.75, 3.05) is 19.6 Å². The van der Waals surface area contributed by atoms with Crippen molar-refractivity contribution in [3.8, 4) is 6.07 Å². The molecule has 1 saturated heterocycles. The summed E-state index contributed by atoms with van der Waals surface area (Å²) in [5.41, 5.74) is -0.312. The van der Waals surface area contributed by atoms with Crippen LogP contribution in [-0.4, -0.2) is 38.9 Å². The molecule has 0 bridgehead atoms. The van der Waals surface area contributed by atoms with Gasteiger partial charge in [0, 0.05) is 26.1 Å². The molecule has 1 N–H and O–H groups in total. The van der Waals surface area contributed by atoms with E-state index in [9.17, 15) is 17.6 Å². The topological polar surface area (TPSA) is 90.3 Å². The number of nitrogens with zero attached hydrogens (tertiary/aromatic N) is 2. The molecule has 1 amide bonds. The van der Waals surface area contributed by atoms with E-state index >= 15 is 0 Å². The highest BCUT2D eigenvalue weighted by Crippen LogP contribution is 2.15. The van der Waals surface area contributed by atoms with Crippen LogP contribution in [0.2, 0.25) is 0 Å². The van der Waals surface area contributed by atoms with Gasteiger partial charge in [-0.05, 0) is 37.5 Å². The number of benzene rings is 1. The molecule has 2 rings (SSSR count). The first-order valence-electron chi connectivity index (χ1n) is 7.91. The van der Waals surface area contributed by atoms with Crippen LogP contribution in [-0.2, 0) is 14.8 Å². The molecule has 1 aliphatic heterocycles. The second-order valence-electron chi connectivity index (χ2n) is 5.70. The summed E-state index contributed by atoms with van der Waals surface area (Å²) < 4.78 is 40.0. The second kappa shape index (κ2) is 8.22. The number of amides is 1. The number of hydrogen-bond donors (Lipinski definition) is 1. The minimum atomic E-state index is -3.80. The van der Waals surface area contributed by atoms with E-state index in [2.05, 4.69) is 4.72 Å². The minimum absolute atomic E-state index is 0.118. The Labute approximate surface area is 141 Å². The molecule has 1 fully saturated rings. The highest BCUT2D eigenvalue weighted by molar-refractivity contribution is 7.89. The molecule has 130 valence electrons. The van der Waals surface area contributed by atoms with Gasteiger partial charge in [0.25, 0.3) is 0 Å². The number of carbonyl (C=O) groups is 1. The first-order valence-corrected chi connectivity index (χ1v) is 9.39. The predicted molar refractivity (Wildman–Crippen MR) is 86.0 cm³/mol. The maximum absolute atomic E-state index is 13.3. The van der Waals surface area contributed by atoms with Crippen LogP contribution in [0.3, 0.4) is 0 Å². The molecule has 1 heterocycles. The molecule has 24 heavy (non-hydrogen) atoms. The minimum Gasteiger partial charge on any atom is -0.343 e. The number of likely N-dealkylation sites (tertiary alicyclic amines) is 1. The van der Waals surface area contributed by atoms with Gasteiger partial charge in [-0.1, -0.05) is 6.42 Å². The first-order chi connectivity index (χ1) is 11.4. The Morgan fingerprint density at radius 3 is 2.83 bits per heavy atom. The lowest BCUT2D eigenvalue weighted by Gasteiger charge is -2.20. The summed E-state index contributed by atoms with van der Waals surface area (Å²) in [6, 6.07) is 4.71. The van der Waals surface area contributed by atoms with Crippen LogP contribution in [0.15, 0.2) is 23.1 Å². The van der Waals surface area contributed by atoms with Gasteiger partial charge in [-0.2, -0.15) is 5.26 Å². The van der Waals surface area contributed by atoms with Gasteiger partial charge in [0.05, 0.1) is 10.5 Å². The monoisotopic (exact) mass is 353 g/mol. The van der Waals surface area contributed by atoms with E-state index in [0.29, 0.717) is 19.4 Å². The van der Waals surface area contributed by atoms with Crippen LogP contribution in [0.1, 0.15) is 37.7 Å². The molecule has 0 aliphatic carbocycles. The van der Waals surface area contributed by atoms with Crippen molar-refractivity contribution in [2.45, 2.75) is 37.0 Å². The zero-order chi connectivity index (χ0) is 17.6. The number of nitrogens with one attached hydrogen (secondary N) is 1. The number of rotatable bonds is 6. The van der Waals surface area contributed by atoms with Crippen molar-refractivity contribution < 1.29 is 17.6 Å². The second-order valence-corrected chi connectivity index (χ2v) is 7.46. The van der Waals surface area contributed by atoms with E-state index in [1.807, 2.05) is 0 Å². The van der Waals surface area contributed by atoms with Gasteiger partial charge in [0.1, 0.15) is 11.9 Å². The smallest absolute Gasteiger partial charge is 0.240 e. The fourth-order valence-electron chi connectivity index (χ4n) is 2.59. The average molecular weight is 353 g/mol. The van der Waals surface area contributed by atoms with E-state index in [4.69, 9.17) is 5.26 Å². The van der Waals surface area contributed by atoms with Crippen LogP contribution in [0.25, 0.3) is 0 Å². The van der Waals surface area contributed by atoms with Crippen molar-refractivity contribution in [3.05, 3.63) is 29.6 Å². The lowest BCUT2D eigenvalue weighted by Crippen LogP contribution is -2.34. The van der Waals surface area contributed by atoms with E-state index < -0.39 is 15.8 Å². The van der Waals surface area contributed by atoms with E-state index in [1.165, 1.54) is 0 Å². The SMILES string of the molecule is N#Cc1cc(S(=O)(=O)NCCCN2CCCCCC2=O)ccc1F. The molecule has 1 aromatic rings. The Bertz CT molecular complexity index is 743. The fourth-order valence-corrected chi connectivity index (χ4v) is 3.69. The van der Waals surface area contributed by atoms with Gasteiger partial charge in [-0.3, -0.25) is 4.79 Å².